The Kier molecular flexibility index (Phi) is 3.02. The van der Waals surface area contributed by atoms with Crippen molar-refractivity contribution in [3.8, 4) is 11.1 Å². The monoisotopic (exact) mass is 220 g/mol. The molecule has 0 heterocycles. The minimum Gasteiger partial charge on any atom is -0.207 e. The van der Waals surface area contributed by atoms with E-state index in [-0.39, 0.29) is 11.7 Å². The molecular formula is C13H10ClF. The summed E-state index contributed by atoms with van der Waals surface area (Å²) in [6.07, 6.45) is 0. The third-order valence-electron chi connectivity index (χ3n) is 2.30. The van der Waals surface area contributed by atoms with Gasteiger partial charge in [-0.1, -0.05) is 42.5 Å². The molecule has 2 aromatic carbocycles. The lowest BCUT2D eigenvalue weighted by atomic mass is 10.0. The van der Waals surface area contributed by atoms with Crippen LogP contribution >= 0.6 is 11.6 Å². The first-order valence-electron chi connectivity index (χ1n) is 4.71. The van der Waals surface area contributed by atoms with Crippen LogP contribution in [0.4, 0.5) is 4.39 Å². The minimum absolute atomic E-state index is 0.209. The fourth-order valence-electron chi connectivity index (χ4n) is 1.47. The molecule has 2 aromatic rings. The van der Waals surface area contributed by atoms with Crippen molar-refractivity contribution in [2.45, 2.75) is 5.88 Å². The van der Waals surface area contributed by atoms with Gasteiger partial charge in [-0.15, -0.1) is 11.6 Å². The van der Waals surface area contributed by atoms with Crippen LogP contribution in [-0.2, 0) is 5.88 Å². The zero-order valence-corrected chi connectivity index (χ0v) is 8.84. The molecule has 0 saturated heterocycles. The van der Waals surface area contributed by atoms with Crippen molar-refractivity contribution in [3.05, 3.63) is 59.9 Å². The van der Waals surface area contributed by atoms with Gasteiger partial charge in [0.15, 0.2) is 0 Å². The maximum absolute atomic E-state index is 13.5. The molecule has 2 heteroatoms. The number of hydrogen-bond acceptors (Lipinski definition) is 0. The van der Waals surface area contributed by atoms with Gasteiger partial charge in [0.25, 0.3) is 0 Å². The molecule has 0 aliphatic heterocycles. The van der Waals surface area contributed by atoms with E-state index in [2.05, 4.69) is 0 Å². The van der Waals surface area contributed by atoms with E-state index in [1.54, 1.807) is 6.07 Å². The van der Waals surface area contributed by atoms with Gasteiger partial charge in [0.05, 0.1) is 5.88 Å². The second-order valence-electron chi connectivity index (χ2n) is 3.31. The summed E-state index contributed by atoms with van der Waals surface area (Å²) in [6.45, 7) is 0. The van der Waals surface area contributed by atoms with Gasteiger partial charge in [0.2, 0.25) is 0 Å². The average Bonchev–Trinajstić information content (AvgIpc) is 2.30. The third kappa shape index (κ3) is 2.18. The van der Waals surface area contributed by atoms with Gasteiger partial charge < -0.3 is 0 Å². The quantitative estimate of drug-likeness (QED) is 0.665. The van der Waals surface area contributed by atoms with Crippen molar-refractivity contribution >= 4 is 11.6 Å². The van der Waals surface area contributed by atoms with Crippen molar-refractivity contribution in [2.24, 2.45) is 0 Å². The summed E-state index contributed by atoms with van der Waals surface area (Å²) in [6, 6.07) is 14.8. The Morgan fingerprint density at radius 1 is 0.933 bits per heavy atom. The molecule has 15 heavy (non-hydrogen) atoms. The fourth-order valence-corrected chi connectivity index (χ4v) is 1.68. The minimum atomic E-state index is -0.244. The van der Waals surface area contributed by atoms with Crippen LogP contribution < -0.4 is 0 Å². The van der Waals surface area contributed by atoms with Crippen LogP contribution in [0.2, 0.25) is 0 Å². The van der Waals surface area contributed by atoms with E-state index >= 15 is 0 Å². The maximum atomic E-state index is 13.5. The number of hydrogen-bond donors (Lipinski definition) is 0. The molecular weight excluding hydrogens is 211 g/mol. The second-order valence-corrected chi connectivity index (χ2v) is 3.57. The predicted octanol–water partition coefficient (Wildman–Crippen LogP) is 4.23. The van der Waals surface area contributed by atoms with E-state index in [0.717, 1.165) is 11.1 Å². The Balaban J connectivity index is 2.43. The first-order valence-corrected chi connectivity index (χ1v) is 5.24. The molecule has 0 N–H and O–H groups in total. The summed E-state index contributed by atoms with van der Waals surface area (Å²) in [5, 5.41) is 0. The Bertz CT molecular complexity index is 451. The van der Waals surface area contributed by atoms with E-state index < -0.39 is 0 Å². The summed E-state index contributed by atoms with van der Waals surface area (Å²) in [5.41, 5.74) is 2.43. The van der Waals surface area contributed by atoms with Gasteiger partial charge in [-0.05, 0) is 17.2 Å². The van der Waals surface area contributed by atoms with Crippen LogP contribution in [0.15, 0.2) is 48.5 Å². The first-order chi connectivity index (χ1) is 7.31. The molecule has 0 aliphatic carbocycles. The van der Waals surface area contributed by atoms with E-state index in [1.807, 2.05) is 36.4 Å². The van der Waals surface area contributed by atoms with Gasteiger partial charge >= 0.3 is 0 Å². The SMILES string of the molecule is Fc1cc(-c2ccccc2)ccc1CCl. The lowest BCUT2D eigenvalue weighted by Gasteiger charge is -2.03. The topological polar surface area (TPSA) is 0 Å². The average molecular weight is 221 g/mol. The first kappa shape index (κ1) is 10.2. The Hall–Kier alpha value is -1.34. The molecule has 0 atom stereocenters. The Morgan fingerprint density at radius 3 is 2.27 bits per heavy atom. The molecule has 0 bridgehead atoms. The molecule has 0 saturated carbocycles. The maximum Gasteiger partial charge on any atom is 0.128 e. The highest BCUT2D eigenvalue weighted by Gasteiger charge is 2.03. The van der Waals surface area contributed by atoms with Gasteiger partial charge in [0.1, 0.15) is 5.82 Å². The van der Waals surface area contributed by atoms with Crippen LogP contribution in [0, 0.1) is 5.82 Å². The second kappa shape index (κ2) is 4.45. The zero-order valence-electron chi connectivity index (χ0n) is 8.08. The zero-order chi connectivity index (χ0) is 10.7. The molecule has 0 unspecified atom stereocenters. The highest BCUT2D eigenvalue weighted by molar-refractivity contribution is 6.17. The van der Waals surface area contributed by atoms with Gasteiger partial charge in [-0.25, -0.2) is 4.39 Å². The lowest BCUT2D eigenvalue weighted by molar-refractivity contribution is 0.617. The third-order valence-corrected chi connectivity index (χ3v) is 2.59. The van der Waals surface area contributed by atoms with Crippen LogP contribution in [0.1, 0.15) is 5.56 Å². The summed E-state index contributed by atoms with van der Waals surface area (Å²) in [5.74, 6) is -0.0349. The number of alkyl halides is 1. The highest BCUT2D eigenvalue weighted by atomic mass is 35.5. The molecule has 2 rings (SSSR count). The molecule has 76 valence electrons. The van der Waals surface area contributed by atoms with E-state index in [0.29, 0.717) is 5.56 Å². The number of benzene rings is 2. The standard InChI is InChI=1S/C13H10ClF/c14-9-12-7-6-11(8-13(12)15)10-4-2-1-3-5-10/h1-8H,9H2. The molecule has 0 spiro atoms. The summed E-state index contributed by atoms with van der Waals surface area (Å²) < 4.78 is 13.5. The van der Waals surface area contributed by atoms with Crippen molar-refractivity contribution in [1.82, 2.24) is 0 Å². The van der Waals surface area contributed by atoms with Gasteiger partial charge in [-0.2, -0.15) is 0 Å². The normalized spacial score (nSPS) is 10.3. The Labute approximate surface area is 93.3 Å². The van der Waals surface area contributed by atoms with E-state index in [1.165, 1.54) is 6.07 Å². The van der Waals surface area contributed by atoms with Crippen LogP contribution in [-0.4, -0.2) is 0 Å². The fraction of sp³-hybridized carbons (Fsp3) is 0.0769. The number of halogens is 2. The molecule has 0 nitrogen and oxygen atoms in total. The van der Waals surface area contributed by atoms with Crippen molar-refractivity contribution in [1.29, 1.82) is 0 Å². The van der Waals surface area contributed by atoms with E-state index in [9.17, 15) is 4.39 Å². The summed E-state index contributed by atoms with van der Waals surface area (Å²) in [4.78, 5) is 0. The van der Waals surface area contributed by atoms with Crippen LogP contribution in [0.3, 0.4) is 0 Å². The summed E-state index contributed by atoms with van der Waals surface area (Å²) in [7, 11) is 0. The number of rotatable bonds is 2. The molecule has 0 fully saturated rings. The molecule has 0 aromatic heterocycles. The predicted molar refractivity (Wildman–Crippen MR) is 61.4 cm³/mol. The largest absolute Gasteiger partial charge is 0.207 e. The summed E-state index contributed by atoms with van der Waals surface area (Å²) >= 11 is 5.59. The lowest BCUT2D eigenvalue weighted by Crippen LogP contribution is -1.87. The van der Waals surface area contributed by atoms with Crippen LogP contribution in [0.25, 0.3) is 11.1 Å². The van der Waals surface area contributed by atoms with Gasteiger partial charge in [-0.3, -0.25) is 0 Å². The Morgan fingerprint density at radius 2 is 1.67 bits per heavy atom. The van der Waals surface area contributed by atoms with Gasteiger partial charge in [0, 0.05) is 5.56 Å². The smallest absolute Gasteiger partial charge is 0.128 e. The van der Waals surface area contributed by atoms with Crippen LogP contribution in [0.5, 0.6) is 0 Å². The molecule has 0 amide bonds. The van der Waals surface area contributed by atoms with E-state index in [4.69, 9.17) is 11.6 Å². The van der Waals surface area contributed by atoms with Crippen molar-refractivity contribution < 1.29 is 4.39 Å². The van der Waals surface area contributed by atoms with Crippen molar-refractivity contribution in [2.75, 3.05) is 0 Å². The molecule has 0 aliphatic rings. The van der Waals surface area contributed by atoms with Crippen molar-refractivity contribution in [3.63, 3.8) is 0 Å². The highest BCUT2D eigenvalue weighted by Crippen LogP contribution is 2.22. The molecule has 0 radical (unpaired) electrons.